The number of rotatable bonds is 9. The molecule has 2 aromatic carbocycles. The van der Waals surface area contributed by atoms with Gasteiger partial charge in [0.25, 0.3) is 0 Å². The van der Waals surface area contributed by atoms with Crippen molar-refractivity contribution in [1.29, 1.82) is 0 Å². The molecular formula is C26H30ClN3O3. The summed E-state index contributed by atoms with van der Waals surface area (Å²) in [5, 5.41) is 0.742. The topological polar surface area (TPSA) is 48.8 Å². The van der Waals surface area contributed by atoms with Gasteiger partial charge in [0.15, 0.2) is 5.79 Å². The van der Waals surface area contributed by atoms with E-state index in [0.29, 0.717) is 19.8 Å². The van der Waals surface area contributed by atoms with Crippen LogP contribution in [0.3, 0.4) is 0 Å². The minimum absolute atomic E-state index is 0.134. The molecule has 2 fully saturated rings. The van der Waals surface area contributed by atoms with Crippen LogP contribution in [0.1, 0.15) is 24.8 Å². The van der Waals surface area contributed by atoms with Gasteiger partial charge in [-0.05, 0) is 49.1 Å². The minimum Gasteiger partial charge on any atom is -0.489 e. The smallest absolute Gasteiger partial charge is 0.187 e. The van der Waals surface area contributed by atoms with Crippen LogP contribution in [0.4, 0.5) is 5.69 Å². The van der Waals surface area contributed by atoms with Crippen LogP contribution in [0.2, 0.25) is 5.02 Å². The van der Waals surface area contributed by atoms with Crippen LogP contribution in [0, 0.1) is 0 Å². The first kappa shape index (κ1) is 22.3. The summed E-state index contributed by atoms with van der Waals surface area (Å²) in [6.07, 6.45) is 9.41. The van der Waals surface area contributed by atoms with E-state index < -0.39 is 5.79 Å². The summed E-state index contributed by atoms with van der Waals surface area (Å²) in [4.78, 5) is 6.57. The zero-order chi connectivity index (χ0) is 22.5. The highest BCUT2D eigenvalue weighted by atomic mass is 35.5. The maximum atomic E-state index is 6.52. The second-order valence-corrected chi connectivity index (χ2v) is 9.23. The van der Waals surface area contributed by atoms with Crippen molar-refractivity contribution in [3.8, 4) is 5.75 Å². The molecule has 174 valence electrons. The number of anilines is 1. The van der Waals surface area contributed by atoms with Gasteiger partial charge in [-0.1, -0.05) is 35.9 Å². The number of hydrogen-bond acceptors (Lipinski definition) is 5. The molecule has 2 aliphatic rings. The normalized spacial score (nSPS) is 22.7. The second-order valence-electron chi connectivity index (χ2n) is 8.80. The monoisotopic (exact) mass is 467 g/mol. The largest absolute Gasteiger partial charge is 0.489 e. The summed E-state index contributed by atoms with van der Waals surface area (Å²) >= 11 is 6.04. The maximum absolute atomic E-state index is 6.52. The molecule has 3 aromatic rings. The third kappa shape index (κ3) is 5.52. The van der Waals surface area contributed by atoms with Gasteiger partial charge in [-0.3, -0.25) is 0 Å². The van der Waals surface area contributed by atoms with E-state index in [9.17, 15) is 0 Å². The number of aromatic nitrogens is 2. The zero-order valence-electron chi connectivity index (χ0n) is 18.7. The van der Waals surface area contributed by atoms with Crippen LogP contribution in [-0.4, -0.2) is 47.7 Å². The molecule has 0 unspecified atom stereocenters. The fraction of sp³-hybridized carbons (Fsp3) is 0.423. The molecule has 3 heterocycles. The Bertz CT molecular complexity index is 1020. The van der Waals surface area contributed by atoms with Crippen molar-refractivity contribution < 1.29 is 14.2 Å². The highest BCUT2D eigenvalue weighted by Crippen LogP contribution is 2.34. The van der Waals surface area contributed by atoms with Crippen LogP contribution < -0.4 is 9.64 Å². The van der Waals surface area contributed by atoms with E-state index in [2.05, 4.69) is 34.1 Å². The van der Waals surface area contributed by atoms with Crippen LogP contribution >= 0.6 is 11.6 Å². The molecule has 0 N–H and O–H groups in total. The Balaban J connectivity index is 1.24. The fourth-order valence-electron chi connectivity index (χ4n) is 4.62. The summed E-state index contributed by atoms with van der Waals surface area (Å²) in [5.74, 6) is 0.194. The molecule has 7 heteroatoms. The zero-order valence-corrected chi connectivity index (χ0v) is 19.5. The third-order valence-corrected chi connectivity index (χ3v) is 6.59. The molecule has 0 spiro atoms. The van der Waals surface area contributed by atoms with E-state index in [0.717, 1.165) is 36.7 Å². The molecule has 2 atom stereocenters. The minimum atomic E-state index is -0.719. The third-order valence-electron chi connectivity index (χ3n) is 6.34. The fourth-order valence-corrected chi connectivity index (χ4v) is 4.74. The Morgan fingerprint density at radius 1 is 1.09 bits per heavy atom. The molecule has 5 rings (SSSR count). The summed E-state index contributed by atoms with van der Waals surface area (Å²) in [5.41, 5.74) is 2.37. The van der Waals surface area contributed by atoms with Gasteiger partial charge in [0.1, 0.15) is 18.5 Å². The predicted molar refractivity (Wildman–Crippen MR) is 129 cm³/mol. The Morgan fingerprint density at radius 2 is 1.91 bits per heavy atom. The van der Waals surface area contributed by atoms with E-state index in [4.69, 9.17) is 25.8 Å². The Morgan fingerprint density at radius 3 is 2.70 bits per heavy atom. The molecule has 0 amide bonds. The van der Waals surface area contributed by atoms with Crippen LogP contribution in [-0.2, 0) is 22.4 Å². The van der Waals surface area contributed by atoms with Crippen LogP contribution in [0.5, 0.6) is 5.75 Å². The summed E-state index contributed by atoms with van der Waals surface area (Å²) in [6.45, 7) is 3.71. The van der Waals surface area contributed by atoms with E-state index in [1.54, 1.807) is 12.5 Å². The van der Waals surface area contributed by atoms with E-state index in [-0.39, 0.29) is 6.10 Å². The van der Waals surface area contributed by atoms with Gasteiger partial charge in [0.2, 0.25) is 0 Å². The second kappa shape index (κ2) is 10.2. The van der Waals surface area contributed by atoms with Gasteiger partial charge in [-0.2, -0.15) is 0 Å². The Hall–Kier alpha value is -2.54. The average Bonchev–Trinajstić information content (AvgIpc) is 3.61. The number of nitrogens with zero attached hydrogens (tertiary/aromatic N) is 3. The van der Waals surface area contributed by atoms with Gasteiger partial charge < -0.3 is 23.7 Å². The molecule has 2 saturated heterocycles. The molecule has 0 aliphatic carbocycles. The molecule has 0 bridgehead atoms. The molecule has 0 radical (unpaired) electrons. The number of hydrogen-bond donors (Lipinski definition) is 0. The van der Waals surface area contributed by atoms with Crippen LogP contribution in [0.15, 0.2) is 67.3 Å². The van der Waals surface area contributed by atoms with Gasteiger partial charge in [-0.25, -0.2) is 4.98 Å². The molecule has 2 aliphatic heterocycles. The number of aryl methyl sites for hydroxylation is 1. The molecule has 33 heavy (non-hydrogen) atoms. The first-order chi connectivity index (χ1) is 16.2. The Kier molecular flexibility index (Phi) is 6.85. The maximum Gasteiger partial charge on any atom is 0.187 e. The van der Waals surface area contributed by atoms with Gasteiger partial charge in [-0.15, -0.1) is 0 Å². The quantitative estimate of drug-likeness (QED) is 0.445. The molecule has 6 nitrogen and oxygen atoms in total. The first-order valence-electron chi connectivity index (χ1n) is 11.7. The molecule has 0 saturated carbocycles. The lowest BCUT2D eigenvalue weighted by molar-refractivity contribution is -0.184. The van der Waals surface area contributed by atoms with Gasteiger partial charge >= 0.3 is 0 Å². The average molecular weight is 468 g/mol. The standard InChI is InChI=1S/C26H30ClN3O3/c27-22-9-7-21(8-10-22)11-12-26(19-29-16-13-28-20-29)32-18-23(33-26)17-31-25-6-2-1-5-24(25)30-14-3-4-15-30/h1-2,5-10,13,16,20,23H,3-4,11-12,14-15,17-19H2/t23-,26+/m1/s1. The van der Waals surface area contributed by atoms with Gasteiger partial charge in [0.05, 0.1) is 25.2 Å². The van der Waals surface area contributed by atoms with Crippen LogP contribution in [0.25, 0.3) is 0 Å². The summed E-state index contributed by atoms with van der Waals surface area (Å²) < 4.78 is 21.1. The van der Waals surface area contributed by atoms with Crippen molar-refractivity contribution in [1.82, 2.24) is 9.55 Å². The number of imidazole rings is 1. The number of halogens is 1. The lowest BCUT2D eigenvalue weighted by atomic mass is 10.0. The summed E-state index contributed by atoms with van der Waals surface area (Å²) in [6, 6.07) is 16.2. The lowest BCUT2D eigenvalue weighted by Crippen LogP contribution is -2.37. The number of benzene rings is 2. The lowest BCUT2D eigenvalue weighted by Gasteiger charge is -2.29. The SMILES string of the molecule is Clc1ccc(CC[C@]2(Cn3ccnc3)OC[C@@H](COc3ccccc3N3CCCC3)O2)cc1. The van der Waals surface area contributed by atoms with Crippen molar-refractivity contribution in [3.63, 3.8) is 0 Å². The Labute approximate surface area is 200 Å². The highest BCUT2D eigenvalue weighted by Gasteiger charge is 2.42. The van der Waals surface area contributed by atoms with Crippen molar-refractivity contribution in [2.45, 2.75) is 44.1 Å². The van der Waals surface area contributed by atoms with Crippen molar-refractivity contribution in [2.75, 3.05) is 31.2 Å². The highest BCUT2D eigenvalue weighted by molar-refractivity contribution is 6.30. The van der Waals surface area contributed by atoms with Crippen molar-refractivity contribution in [2.24, 2.45) is 0 Å². The number of ether oxygens (including phenoxy) is 3. The van der Waals surface area contributed by atoms with Crippen molar-refractivity contribution in [3.05, 3.63) is 77.8 Å². The summed E-state index contributed by atoms with van der Waals surface area (Å²) in [7, 11) is 0. The van der Waals surface area contributed by atoms with Gasteiger partial charge in [0, 0.05) is 36.9 Å². The molecule has 1 aromatic heterocycles. The first-order valence-corrected chi connectivity index (χ1v) is 12.1. The van der Waals surface area contributed by atoms with E-state index in [1.807, 2.05) is 35.0 Å². The molecular weight excluding hydrogens is 438 g/mol. The van der Waals surface area contributed by atoms with E-state index >= 15 is 0 Å². The van der Waals surface area contributed by atoms with Crippen molar-refractivity contribution >= 4 is 17.3 Å². The number of para-hydroxylation sites is 2. The predicted octanol–water partition coefficient (Wildman–Crippen LogP) is 4.96. The van der Waals surface area contributed by atoms with E-state index in [1.165, 1.54) is 24.1 Å².